The number of nitrogens with zero attached hydrogens (tertiary/aromatic N) is 1. The zero-order chi connectivity index (χ0) is 31.9. The Balaban J connectivity index is 1.66. The molecule has 0 bridgehead atoms. The van der Waals surface area contributed by atoms with Crippen molar-refractivity contribution < 1.29 is 23.5 Å². The van der Waals surface area contributed by atoms with Crippen molar-refractivity contribution in [2.45, 2.75) is 84.0 Å². The fourth-order valence-corrected chi connectivity index (χ4v) is 7.50. The number of allylic oxidation sites excluding steroid dienone is 2. The zero-order valence-electron chi connectivity index (χ0n) is 26.6. The highest BCUT2D eigenvalue weighted by Gasteiger charge is 2.41. The third kappa shape index (κ3) is 8.94. The lowest BCUT2D eigenvalue weighted by Gasteiger charge is -2.41. The van der Waals surface area contributed by atoms with E-state index in [9.17, 15) is 19.1 Å². The molecule has 0 aromatic heterocycles. The van der Waals surface area contributed by atoms with Gasteiger partial charge in [0.05, 0.1) is 5.83 Å². The van der Waals surface area contributed by atoms with Crippen LogP contribution < -0.4 is 5.32 Å². The van der Waals surface area contributed by atoms with Crippen molar-refractivity contribution in [2.24, 2.45) is 17.8 Å². The summed E-state index contributed by atoms with van der Waals surface area (Å²) < 4.78 is 30.0. The number of carbonyl (C=O) groups excluding carboxylic acids is 1. The SMILES string of the molecule is CSCC[C@H](NC(=O)c1ccc(CN(CC2CCCCC2)CC2C(C)CC(F)=CC2(C)F)cc1-c1ccccc1C)C(=O)O. The van der Waals surface area contributed by atoms with Crippen molar-refractivity contribution >= 4 is 23.6 Å². The second-order valence-electron chi connectivity index (χ2n) is 13.1. The maximum Gasteiger partial charge on any atom is 0.326 e. The molecule has 240 valence electrons. The number of carboxylic acids is 1. The molecule has 0 radical (unpaired) electrons. The van der Waals surface area contributed by atoms with Gasteiger partial charge in [-0.2, -0.15) is 11.8 Å². The van der Waals surface area contributed by atoms with Gasteiger partial charge in [-0.05, 0) is 97.4 Å². The number of aryl methyl sites for hydroxylation is 1. The van der Waals surface area contributed by atoms with Crippen molar-refractivity contribution in [2.75, 3.05) is 25.1 Å². The number of alkyl halides is 1. The first kappa shape index (κ1) is 34.2. The fourth-order valence-electron chi connectivity index (χ4n) is 7.03. The van der Waals surface area contributed by atoms with Crippen LogP contribution in [0.4, 0.5) is 8.78 Å². The third-order valence-corrected chi connectivity index (χ3v) is 10.1. The van der Waals surface area contributed by atoms with Crippen molar-refractivity contribution in [3.05, 3.63) is 71.1 Å². The number of benzene rings is 2. The summed E-state index contributed by atoms with van der Waals surface area (Å²) in [6.45, 7) is 7.39. The van der Waals surface area contributed by atoms with Crippen LogP contribution in [0.2, 0.25) is 0 Å². The van der Waals surface area contributed by atoms with E-state index in [2.05, 4.69) is 10.2 Å². The van der Waals surface area contributed by atoms with Gasteiger partial charge in [0.2, 0.25) is 0 Å². The van der Waals surface area contributed by atoms with E-state index in [1.807, 2.05) is 56.5 Å². The van der Waals surface area contributed by atoms with E-state index in [0.717, 1.165) is 41.6 Å². The number of thioether (sulfide) groups is 1. The van der Waals surface area contributed by atoms with Gasteiger partial charge in [-0.3, -0.25) is 9.69 Å². The Kier molecular flexibility index (Phi) is 12.1. The quantitative estimate of drug-likeness (QED) is 0.235. The summed E-state index contributed by atoms with van der Waals surface area (Å²) >= 11 is 1.54. The first-order valence-corrected chi connectivity index (χ1v) is 17.4. The van der Waals surface area contributed by atoms with Gasteiger partial charge in [-0.15, -0.1) is 0 Å². The van der Waals surface area contributed by atoms with E-state index in [1.54, 1.807) is 6.07 Å². The van der Waals surface area contributed by atoms with Crippen LogP contribution in [0.1, 0.15) is 80.3 Å². The predicted octanol–water partition coefficient (Wildman–Crippen LogP) is 8.22. The Bertz CT molecular complexity index is 1320. The lowest BCUT2D eigenvalue weighted by Crippen LogP contribution is -2.45. The monoisotopic (exact) mass is 626 g/mol. The molecule has 2 aromatic carbocycles. The Morgan fingerprint density at radius 3 is 2.50 bits per heavy atom. The Labute approximate surface area is 265 Å². The molecule has 0 aliphatic heterocycles. The Hall–Kier alpha value is -2.71. The van der Waals surface area contributed by atoms with E-state index in [-0.39, 0.29) is 24.1 Å². The van der Waals surface area contributed by atoms with Crippen molar-refractivity contribution in [3.8, 4) is 11.1 Å². The van der Waals surface area contributed by atoms with Crippen LogP contribution in [0.3, 0.4) is 0 Å². The number of aliphatic carboxylic acids is 1. The van der Waals surface area contributed by atoms with Crippen LogP contribution in [0, 0.1) is 24.7 Å². The predicted molar refractivity (Wildman–Crippen MR) is 176 cm³/mol. The molecular formula is C36H48F2N2O3S. The summed E-state index contributed by atoms with van der Waals surface area (Å²) in [5.41, 5.74) is 2.36. The molecule has 1 saturated carbocycles. The van der Waals surface area contributed by atoms with Gasteiger partial charge in [-0.1, -0.05) is 56.5 Å². The fraction of sp³-hybridized carbons (Fsp3) is 0.556. The molecule has 2 aliphatic rings. The number of hydrogen-bond acceptors (Lipinski definition) is 4. The number of halogens is 2. The summed E-state index contributed by atoms with van der Waals surface area (Å²) in [5.74, 6) is -1.13. The average molecular weight is 627 g/mol. The summed E-state index contributed by atoms with van der Waals surface area (Å²) in [5, 5.41) is 12.5. The summed E-state index contributed by atoms with van der Waals surface area (Å²) in [6, 6.07) is 12.6. The normalized spacial score (nSPS) is 23.3. The van der Waals surface area contributed by atoms with Crippen LogP contribution in [0.25, 0.3) is 11.1 Å². The highest BCUT2D eigenvalue weighted by Crippen LogP contribution is 2.41. The molecule has 2 N–H and O–H groups in total. The molecule has 1 amide bonds. The molecule has 8 heteroatoms. The van der Waals surface area contributed by atoms with Gasteiger partial charge < -0.3 is 10.4 Å². The van der Waals surface area contributed by atoms with Gasteiger partial charge in [0.1, 0.15) is 11.7 Å². The molecule has 3 unspecified atom stereocenters. The van der Waals surface area contributed by atoms with Crippen LogP contribution >= 0.6 is 11.8 Å². The van der Waals surface area contributed by atoms with Crippen LogP contribution in [0.15, 0.2) is 54.4 Å². The van der Waals surface area contributed by atoms with Gasteiger partial charge in [0.15, 0.2) is 0 Å². The molecule has 4 atom stereocenters. The smallest absolute Gasteiger partial charge is 0.326 e. The van der Waals surface area contributed by atoms with Crippen LogP contribution in [-0.2, 0) is 11.3 Å². The molecule has 44 heavy (non-hydrogen) atoms. The lowest BCUT2D eigenvalue weighted by atomic mass is 9.74. The number of carboxylic acid groups (broad SMARTS) is 1. The lowest BCUT2D eigenvalue weighted by molar-refractivity contribution is -0.139. The zero-order valence-corrected chi connectivity index (χ0v) is 27.4. The van der Waals surface area contributed by atoms with E-state index in [4.69, 9.17) is 0 Å². The van der Waals surface area contributed by atoms with Gasteiger partial charge in [0, 0.05) is 37.5 Å². The first-order chi connectivity index (χ1) is 21.0. The van der Waals surface area contributed by atoms with Gasteiger partial charge in [0.25, 0.3) is 5.91 Å². The molecule has 2 aliphatic carbocycles. The molecule has 0 spiro atoms. The molecule has 1 fully saturated rings. The number of nitrogens with one attached hydrogen (secondary N) is 1. The second-order valence-corrected chi connectivity index (χ2v) is 14.1. The van der Waals surface area contributed by atoms with Crippen LogP contribution in [0.5, 0.6) is 0 Å². The minimum atomic E-state index is -1.72. The van der Waals surface area contributed by atoms with E-state index >= 15 is 4.39 Å². The topological polar surface area (TPSA) is 69.6 Å². The highest BCUT2D eigenvalue weighted by molar-refractivity contribution is 7.98. The molecule has 0 heterocycles. The highest BCUT2D eigenvalue weighted by atomic mass is 32.2. The summed E-state index contributed by atoms with van der Waals surface area (Å²) in [7, 11) is 0. The number of amides is 1. The van der Waals surface area contributed by atoms with E-state index < -0.39 is 23.6 Å². The van der Waals surface area contributed by atoms with Crippen LogP contribution in [-0.4, -0.2) is 58.7 Å². The first-order valence-electron chi connectivity index (χ1n) is 16.0. The minimum absolute atomic E-state index is 0.120. The molecular weight excluding hydrogens is 578 g/mol. The number of hydrogen-bond donors (Lipinski definition) is 2. The summed E-state index contributed by atoms with van der Waals surface area (Å²) in [4.78, 5) is 27.8. The molecule has 5 nitrogen and oxygen atoms in total. The maximum absolute atomic E-state index is 15.8. The largest absolute Gasteiger partial charge is 0.480 e. The second kappa shape index (κ2) is 15.5. The maximum atomic E-state index is 15.8. The minimum Gasteiger partial charge on any atom is -0.480 e. The average Bonchev–Trinajstić information content (AvgIpc) is 2.97. The number of rotatable bonds is 13. The number of carbonyl (C=O) groups is 2. The van der Waals surface area contributed by atoms with E-state index in [0.29, 0.717) is 36.7 Å². The van der Waals surface area contributed by atoms with E-state index in [1.165, 1.54) is 44.0 Å². The van der Waals surface area contributed by atoms with Crippen molar-refractivity contribution in [3.63, 3.8) is 0 Å². The van der Waals surface area contributed by atoms with Crippen molar-refractivity contribution in [1.82, 2.24) is 10.2 Å². The molecule has 4 rings (SSSR count). The standard InChI is InChI=1S/C36H48F2N2O3S/c1-24-10-8-9-13-29(24)31-19-27(14-15-30(31)34(41)39-33(35(42)43)16-17-44-4)22-40(21-26-11-6-5-7-12-26)23-32-25(2)18-28(37)20-36(32,3)38/h8-10,13-15,19-20,25-26,32-33H,5-7,11-12,16-18,21-23H2,1-4H3,(H,39,41)(H,42,43)/t25?,32?,33-,36?/m0/s1. The van der Waals surface area contributed by atoms with Gasteiger partial charge in [-0.25, -0.2) is 13.6 Å². The Morgan fingerprint density at radius 1 is 1.11 bits per heavy atom. The molecule has 0 saturated heterocycles. The van der Waals surface area contributed by atoms with Crippen molar-refractivity contribution in [1.29, 1.82) is 0 Å². The Morgan fingerprint density at radius 2 is 1.84 bits per heavy atom. The molecule has 2 aromatic rings. The van der Waals surface area contributed by atoms with Gasteiger partial charge >= 0.3 is 5.97 Å². The summed E-state index contributed by atoms with van der Waals surface area (Å²) in [6.07, 6.45) is 9.67. The third-order valence-electron chi connectivity index (χ3n) is 9.45.